The molecule has 0 bridgehead atoms. The van der Waals surface area contributed by atoms with E-state index >= 15 is 0 Å². The highest BCUT2D eigenvalue weighted by molar-refractivity contribution is 5.74. The van der Waals surface area contributed by atoms with Gasteiger partial charge in [0, 0.05) is 18.0 Å². The van der Waals surface area contributed by atoms with Crippen LogP contribution in [0.5, 0.6) is 0 Å². The van der Waals surface area contributed by atoms with Gasteiger partial charge in [0.1, 0.15) is 17.3 Å². The lowest BCUT2D eigenvalue weighted by Gasteiger charge is -1.98. The van der Waals surface area contributed by atoms with Crippen LogP contribution < -0.4 is 5.73 Å². The SMILES string of the molecule is Nc1c(-c2ccc(F)cc2)nc2cnccn12. The van der Waals surface area contributed by atoms with Gasteiger partial charge < -0.3 is 5.73 Å². The molecule has 2 heterocycles. The van der Waals surface area contributed by atoms with Crippen molar-refractivity contribution in [3.63, 3.8) is 0 Å². The molecule has 0 atom stereocenters. The average Bonchev–Trinajstić information content (AvgIpc) is 2.69. The summed E-state index contributed by atoms with van der Waals surface area (Å²) in [5.41, 5.74) is 8.08. The van der Waals surface area contributed by atoms with Crippen LogP contribution in [-0.2, 0) is 0 Å². The number of hydrogen-bond donors (Lipinski definition) is 1. The highest BCUT2D eigenvalue weighted by Gasteiger charge is 2.10. The zero-order chi connectivity index (χ0) is 11.8. The van der Waals surface area contributed by atoms with E-state index in [2.05, 4.69) is 9.97 Å². The molecule has 0 unspecified atom stereocenters. The first-order valence-corrected chi connectivity index (χ1v) is 5.09. The van der Waals surface area contributed by atoms with Gasteiger partial charge in [0.15, 0.2) is 5.65 Å². The molecule has 0 fully saturated rings. The number of anilines is 1. The number of nitrogen functional groups attached to an aromatic ring is 1. The number of benzene rings is 1. The van der Waals surface area contributed by atoms with Crippen LogP contribution >= 0.6 is 0 Å². The summed E-state index contributed by atoms with van der Waals surface area (Å²) in [4.78, 5) is 8.34. The van der Waals surface area contributed by atoms with E-state index in [1.54, 1.807) is 35.1 Å². The summed E-state index contributed by atoms with van der Waals surface area (Å²) in [6.45, 7) is 0. The number of fused-ring (bicyclic) bond motifs is 1. The largest absolute Gasteiger partial charge is 0.383 e. The van der Waals surface area contributed by atoms with Crippen molar-refractivity contribution in [3.8, 4) is 11.3 Å². The fraction of sp³-hybridized carbons (Fsp3) is 0. The van der Waals surface area contributed by atoms with Gasteiger partial charge in [-0.05, 0) is 24.3 Å². The zero-order valence-corrected chi connectivity index (χ0v) is 8.84. The molecule has 0 saturated carbocycles. The summed E-state index contributed by atoms with van der Waals surface area (Å²) in [6, 6.07) is 6.08. The number of rotatable bonds is 1. The van der Waals surface area contributed by atoms with Crippen LogP contribution in [0.25, 0.3) is 16.9 Å². The topological polar surface area (TPSA) is 56.2 Å². The predicted octanol–water partition coefficient (Wildman–Crippen LogP) is 2.12. The minimum absolute atomic E-state index is 0.280. The molecule has 1 aromatic carbocycles. The van der Waals surface area contributed by atoms with E-state index in [-0.39, 0.29) is 5.82 Å². The van der Waals surface area contributed by atoms with E-state index in [9.17, 15) is 4.39 Å². The molecular formula is C12H9FN4. The van der Waals surface area contributed by atoms with Crippen LogP contribution in [0.2, 0.25) is 0 Å². The van der Waals surface area contributed by atoms with Gasteiger partial charge in [0.05, 0.1) is 6.20 Å². The molecule has 0 amide bonds. The van der Waals surface area contributed by atoms with E-state index in [0.29, 0.717) is 17.2 Å². The second-order valence-corrected chi connectivity index (χ2v) is 3.66. The lowest BCUT2D eigenvalue weighted by Crippen LogP contribution is -1.93. The van der Waals surface area contributed by atoms with Gasteiger partial charge in [-0.1, -0.05) is 0 Å². The Labute approximate surface area is 96.6 Å². The van der Waals surface area contributed by atoms with E-state index in [1.807, 2.05) is 0 Å². The van der Waals surface area contributed by atoms with Gasteiger partial charge in [-0.2, -0.15) is 0 Å². The molecule has 0 aliphatic heterocycles. The van der Waals surface area contributed by atoms with Crippen molar-refractivity contribution in [2.45, 2.75) is 0 Å². The molecule has 0 radical (unpaired) electrons. The van der Waals surface area contributed by atoms with Crippen molar-refractivity contribution in [2.24, 2.45) is 0 Å². The van der Waals surface area contributed by atoms with Crippen LogP contribution in [0.4, 0.5) is 10.2 Å². The second kappa shape index (κ2) is 3.55. The minimum Gasteiger partial charge on any atom is -0.383 e. The van der Waals surface area contributed by atoms with Gasteiger partial charge in [-0.25, -0.2) is 9.37 Å². The molecule has 3 rings (SSSR count). The lowest BCUT2D eigenvalue weighted by molar-refractivity contribution is 0.628. The molecule has 5 heteroatoms. The predicted molar refractivity (Wildman–Crippen MR) is 62.8 cm³/mol. The summed E-state index contributed by atoms with van der Waals surface area (Å²) >= 11 is 0. The maximum atomic E-state index is 12.8. The molecule has 0 saturated heterocycles. The first-order valence-electron chi connectivity index (χ1n) is 5.09. The van der Waals surface area contributed by atoms with Crippen LogP contribution in [-0.4, -0.2) is 14.4 Å². The van der Waals surface area contributed by atoms with Crippen molar-refractivity contribution >= 4 is 11.5 Å². The second-order valence-electron chi connectivity index (χ2n) is 3.66. The number of nitrogens with two attached hydrogens (primary N) is 1. The van der Waals surface area contributed by atoms with Gasteiger partial charge in [0.2, 0.25) is 0 Å². The Morgan fingerprint density at radius 1 is 1.18 bits per heavy atom. The Morgan fingerprint density at radius 3 is 2.65 bits per heavy atom. The molecule has 3 aromatic rings. The summed E-state index contributed by atoms with van der Waals surface area (Å²) in [5.74, 6) is 0.242. The molecular weight excluding hydrogens is 219 g/mol. The normalized spacial score (nSPS) is 10.9. The zero-order valence-electron chi connectivity index (χ0n) is 8.84. The summed E-state index contributed by atoms with van der Waals surface area (Å²) in [5, 5.41) is 0. The van der Waals surface area contributed by atoms with Crippen molar-refractivity contribution in [1.82, 2.24) is 14.4 Å². The lowest BCUT2D eigenvalue weighted by atomic mass is 10.1. The van der Waals surface area contributed by atoms with Crippen LogP contribution in [0, 0.1) is 5.82 Å². The van der Waals surface area contributed by atoms with E-state index < -0.39 is 0 Å². The number of imidazole rings is 1. The fourth-order valence-electron chi connectivity index (χ4n) is 1.75. The molecule has 0 aliphatic carbocycles. The van der Waals surface area contributed by atoms with Crippen LogP contribution in [0.15, 0.2) is 42.9 Å². The van der Waals surface area contributed by atoms with E-state index in [4.69, 9.17) is 5.73 Å². The Bertz CT molecular complexity index is 673. The molecule has 84 valence electrons. The maximum Gasteiger partial charge on any atom is 0.157 e. The van der Waals surface area contributed by atoms with Crippen molar-refractivity contribution in [3.05, 3.63) is 48.7 Å². The first-order chi connectivity index (χ1) is 8.25. The summed E-state index contributed by atoms with van der Waals surface area (Å²) < 4.78 is 14.6. The third kappa shape index (κ3) is 1.52. The van der Waals surface area contributed by atoms with Gasteiger partial charge in [-0.15, -0.1) is 0 Å². The van der Waals surface area contributed by atoms with Crippen LogP contribution in [0.1, 0.15) is 0 Å². The van der Waals surface area contributed by atoms with Crippen molar-refractivity contribution in [2.75, 3.05) is 5.73 Å². The Hall–Kier alpha value is -2.43. The third-order valence-electron chi connectivity index (χ3n) is 2.58. The molecule has 0 spiro atoms. The summed E-state index contributed by atoms with van der Waals surface area (Å²) in [7, 11) is 0. The smallest absolute Gasteiger partial charge is 0.157 e. The Balaban J connectivity index is 2.24. The molecule has 17 heavy (non-hydrogen) atoms. The van der Waals surface area contributed by atoms with Crippen molar-refractivity contribution in [1.29, 1.82) is 0 Å². The van der Waals surface area contributed by atoms with E-state index in [1.165, 1.54) is 12.1 Å². The summed E-state index contributed by atoms with van der Waals surface area (Å²) in [6.07, 6.45) is 5.01. The number of nitrogens with zero attached hydrogens (tertiary/aromatic N) is 3. The number of halogens is 1. The number of aromatic nitrogens is 3. The third-order valence-corrected chi connectivity index (χ3v) is 2.58. The maximum absolute atomic E-state index is 12.8. The highest BCUT2D eigenvalue weighted by Crippen LogP contribution is 2.25. The van der Waals surface area contributed by atoms with Gasteiger partial charge >= 0.3 is 0 Å². The molecule has 4 nitrogen and oxygen atoms in total. The standard InChI is InChI=1S/C12H9FN4/c13-9-3-1-8(2-4-9)11-12(14)17-6-5-15-7-10(17)16-11/h1-7H,14H2. The number of hydrogen-bond acceptors (Lipinski definition) is 3. The Morgan fingerprint density at radius 2 is 1.94 bits per heavy atom. The van der Waals surface area contributed by atoms with Gasteiger partial charge in [0.25, 0.3) is 0 Å². The highest BCUT2D eigenvalue weighted by atomic mass is 19.1. The quantitative estimate of drug-likeness (QED) is 0.694. The van der Waals surface area contributed by atoms with Crippen LogP contribution in [0.3, 0.4) is 0 Å². The van der Waals surface area contributed by atoms with Gasteiger partial charge in [-0.3, -0.25) is 9.38 Å². The average molecular weight is 228 g/mol. The fourth-order valence-corrected chi connectivity index (χ4v) is 1.75. The first kappa shape index (κ1) is 9.77. The van der Waals surface area contributed by atoms with Crippen molar-refractivity contribution < 1.29 is 4.39 Å². The minimum atomic E-state index is -0.280. The Kier molecular flexibility index (Phi) is 2.04. The van der Waals surface area contributed by atoms with E-state index in [0.717, 1.165) is 5.56 Å². The monoisotopic (exact) mass is 228 g/mol. The molecule has 2 N–H and O–H groups in total. The molecule has 0 aliphatic rings. The molecule has 2 aromatic heterocycles.